The average Bonchev–Trinajstić information content (AvgIpc) is 0.777. The molecule has 698 valence electrons. The number of esters is 12. The van der Waals surface area contributed by atoms with Crippen molar-refractivity contribution in [3.63, 3.8) is 0 Å². The number of carbonyl (C=O) groups excluding carboxylic acids is 12. The molecule has 31 heteroatoms. The maximum absolute atomic E-state index is 15.1. The number of hydrogen-bond donors (Lipinski definition) is 1. The Morgan fingerprint density at radius 3 is 0.474 bits per heavy atom. The first-order valence-electron chi connectivity index (χ1n) is 43.4. The molecule has 0 aromatic heterocycles. The summed E-state index contributed by atoms with van der Waals surface area (Å²) in [7, 11) is 0. The molecule has 3 fully saturated rings. The Morgan fingerprint density at radius 2 is 0.321 bits per heavy atom. The van der Waals surface area contributed by atoms with Gasteiger partial charge in [0.05, 0.1) is 92.1 Å². The fraction of sp³-hybridized carbons (Fsp3) is 0.208. The molecule has 3 heterocycles. The van der Waals surface area contributed by atoms with Crippen molar-refractivity contribution in [1.82, 2.24) is 0 Å². The van der Waals surface area contributed by atoms with E-state index in [0.29, 0.717) is 0 Å². The molecular formula is C106H89NO30. The van der Waals surface area contributed by atoms with E-state index in [4.69, 9.17) is 91.0 Å². The largest absolute Gasteiger partial charge is 0.459 e. The summed E-state index contributed by atoms with van der Waals surface area (Å²) in [6, 6.07) is 90.4. The fourth-order valence-corrected chi connectivity index (χ4v) is 14.9. The van der Waals surface area contributed by atoms with Crippen LogP contribution in [-0.4, -0.2) is 209 Å². The first-order valence-corrected chi connectivity index (χ1v) is 43.4. The molecule has 12 aromatic carbocycles. The van der Waals surface area contributed by atoms with Crippen molar-refractivity contribution in [1.29, 1.82) is 0 Å². The van der Waals surface area contributed by atoms with Gasteiger partial charge in [-0.1, -0.05) is 218 Å². The minimum absolute atomic E-state index is 0.0365. The van der Waals surface area contributed by atoms with Crippen LogP contribution in [0.15, 0.2) is 364 Å². The molecule has 0 radical (unpaired) electrons. The Kier molecular flexibility index (Phi) is 32.5. The van der Waals surface area contributed by atoms with E-state index in [1.54, 1.807) is 146 Å². The second kappa shape index (κ2) is 46.6. The van der Waals surface area contributed by atoms with E-state index in [1.807, 2.05) is 0 Å². The lowest BCUT2D eigenvalue weighted by atomic mass is 9.96. The number of benzene rings is 12. The minimum atomic E-state index is -2.58. The summed E-state index contributed by atoms with van der Waals surface area (Å²) in [5.74, 6) is -12.7. The van der Waals surface area contributed by atoms with Crippen LogP contribution in [-0.2, 0) is 85.3 Å². The number of ether oxygens (including phenoxy) is 18. The van der Waals surface area contributed by atoms with Gasteiger partial charge in [-0.05, 0) is 146 Å². The molecule has 3 aliphatic heterocycles. The monoisotopic (exact) mass is 1860 g/mol. The van der Waals surface area contributed by atoms with Crippen LogP contribution in [0.2, 0.25) is 0 Å². The number of nitrogens with two attached hydrogens (primary N) is 1. The van der Waals surface area contributed by atoms with Crippen molar-refractivity contribution < 1.29 is 143 Å². The molecule has 0 saturated carbocycles. The molecule has 0 spiro atoms. The van der Waals surface area contributed by atoms with Gasteiger partial charge in [-0.3, -0.25) is 0 Å². The van der Waals surface area contributed by atoms with Crippen molar-refractivity contribution in [2.45, 2.75) is 97.7 Å². The molecule has 15 atom stereocenters. The Morgan fingerprint density at radius 1 is 0.190 bits per heavy atom. The summed E-state index contributed by atoms with van der Waals surface area (Å²) in [4.78, 5) is 178. The van der Waals surface area contributed by atoms with E-state index in [2.05, 4.69) is 0 Å². The highest BCUT2D eigenvalue weighted by Gasteiger charge is 2.59. The maximum atomic E-state index is 15.1. The second-order valence-corrected chi connectivity index (χ2v) is 31.4. The SMILES string of the molecule is NC(CO[C@@H]1O[C@H](COC(=O)c2ccccc2)[C@@H](OC(=O)c2ccccc2)[C@H](OC(=O)c2ccccc2)[C@H]1OC(=O)c1ccccc1)(CO[C@@H]1O[C@H](COC(=O)c2ccccc2)[C@@H](OC(=O)c2ccccc2)[C@H](OC(=O)c2ccccc2)[C@H]1OC(=O)c1ccccc1)CO[C@@H]1O[C@H](COC(=O)c2ccccc2)[C@@H](OC(=O)c2ccccc2)[C@H](OC(=O)c2ccccc2)[C@H]1OC(=O)c1ccccc1. The molecule has 15 rings (SSSR count). The van der Waals surface area contributed by atoms with Crippen LogP contribution in [0.3, 0.4) is 0 Å². The third kappa shape index (κ3) is 25.3. The van der Waals surface area contributed by atoms with Gasteiger partial charge < -0.3 is 91.0 Å². The molecule has 0 unspecified atom stereocenters. The smallest absolute Gasteiger partial charge is 0.338 e. The molecule has 3 saturated heterocycles. The summed E-state index contributed by atoms with van der Waals surface area (Å²) in [5.41, 5.74) is 4.79. The number of rotatable bonds is 36. The van der Waals surface area contributed by atoms with Crippen molar-refractivity contribution in [2.24, 2.45) is 5.73 Å². The molecule has 0 bridgehead atoms. The van der Waals surface area contributed by atoms with Crippen LogP contribution in [0.1, 0.15) is 124 Å². The lowest BCUT2D eigenvalue weighted by Crippen LogP contribution is -2.66. The standard InChI is InChI=1S/C106H89NO30/c107-106(64-123-103-88(135-100(117)76-55-31-10-32-56-76)85(132-97(114)73-49-25-7-26-50-73)82(129-94(111)70-43-19-4-20-44-70)79(126-103)61-120-91(108)67-37-13-1-14-38-67,65-124-104-89(136-101(118)77-57-33-11-34-58-77)86(133-98(115)74-51-27-8-28-52-74)83(130-95(112)71-45-21-5-22-46-71)80(127-104)62-121-92(109)68-39-15-2-16-40-68)66-125-105-90(137-102(119)78-59-35-12-36-60-78)87(134-99(116)75-53-29-9-30-54-75)84(131-96(113)72-47-23-6-24-48-72)81(128-105)63-122-93(110)69-41-17-3-18-42-69/h1-60,79-90,103-105H,61-66,107H2/t79-,80-,81-,82-,83-,84-,85+,86+,87+,88-,89-,90-,103-,104-,105-/m1/s1. The van der Waals surface area contributed by atoms with Crippen LogP contribution in [0, 0.1) is 0 Å². The zero-order valence-electron chi connectivity index (χ0n) is 72.9. The molecule has 2 N–H and O–H groups in total. The summed E-state index contributed by atoms with van der Waals surface area (Å²) in [5, 5.41) is 0. The van der Waals surface area contributed by atoms with Gasteiger partial charge in [0.2, 0.25) is 0 Å². The normalized spacial score (nSPS) is 21.0. The highest BCUT2D eigenvalue weighted by Crippen LogP contribution is 2.38. The van der Waals surface area contributed by atoms with Gasteiger partial charge >= 0.3 is 71.6 Å². The van der Waals surface area contributed by atoms with Crippen molar-refractivity contribution in [3.05, 3.63) is 431 Å². The van der Waals surface area contributed by atoms with E-state index >= 15 is 28.8 Å². The van der Waals surface area contributed by atoms with Crippen molar-refractivity contribution in [3.8, 4) is 0 Å². The van der Waals surface area contributed by atoms with Gasteiger partial charge in [0.15, 0.2) is 73.8 Å². The summed E-state index contributed by atoms with van der Waals surface area (Å²) < 4.78 is 117. The fourth-order valence-electron chi connectivity index (χ4n) is 14.9. The van der Waals surface area contributed by atoms with Gasteiger partial charge in [-0.25, -0.2) is 57.5 Å². The zero-order chi connectivity index (χ0) is 95.4. The molecule has 3 aliphatic rings. The second-order valence-electron chi connectivity index (χ2n) is 31.4. The third-order valence-corrected chi connectivity index (χ3v) is 21.8. The molecule has 31 nitrogen and oxygen atoms in total. The molecule has 12 aromatic rings. The van der Waals surface area contributed by atoms with E-state index in [0.717, 1.165) is 0 Å². The summed E-state index contributed by atoms with van der Waals surface area (Å²) in [6.45, 7) is -6.01. The van der Waals surface area contributed by atoms with E-state index in [1.165, 1.54) is 218 Å². The van der Waals surface area contributed by atoms with Crippen molar-refractivity contribution in [2.75, 3.05) is 39.6 Å². The quantitative estimate of drug-likeness (QED) is 0.0281. The summed E-state index contributed by atoms with van der Waals surface area (Å²) in [6.07, 6.45) is -30.6. The van der Waals surface area contributed by atoms with Gasteiger partial charge in [-0.2, -0.15) is 0 Å². The van der Waals surface area contributed by atoms with Gasteiger partial charge in [0.1, 0.15) is 38.1 Å². The third-order valence-electron chi connectivity index (χ3n) is 21.8. The van der Waals surface area contributed by atoms with Gasteiger partial charge in [0.25, 0.3) is 0 Å². The lowest BCUT2D eigenvalue weighted by Gasteiger charge is -2.46. The average molecular weight is 1860 g/mol. The molecule has 137 heavy (non-hydrogen) atoms. The van der Waals surface area contributed by atoms with E-state index in [-0.39, 0.29) is 66.8 Å². The lowest BCUT2D eigenvalue weighted by molar-refractivity contribution is -0.320. The minimum Gasteiger partial charge on any atom is -0.459 e. The predicted octanol–water partition coefficient (Wildman–Crippen LogP) is 13.5. The van der Waals surface area contributed by atoms with Crippen LogP contribution >= 0.6 is 0 Å². The van der Waals surface area contributed by atoms with Gasteiger partial charge in [0, 0.05) is 0 Å². The highest BCUT2D eigenvalue weighted by atomic mass is 16.8. The number of carbonyl (C=O) groups is 12. The van der Waals surface area contributed by atoms with Crippen LogP contribution in [0.4, 0.5) is 0 Å². The number of hydrogen-bond acceptors (Lipinski definition) is 31. The van der Waals surface area contributed by atoms with Crippen molar-refractivity contribution >= 4 is 71.6 Å². The van der Waals surface area contributed by atoms with Crippen LogP contribution in [0.25, 0.3) is 0 Å². The topological polar surface area (TPSA) is 397 Å². The zero-order valence-corrected chi connectivity index (χ0v) is 72.9. The van der Waals surface area contributed by atoms with Crippen LogP contribution < -0.4 is 5.73 Å². The first-order chi connectivity index (χ1) is 66.8. The first kappa shape index (κ1) is 95.6. The van der Waals surface area contributed by atoms with E-state index < -0.39 is 209 Å². The maximum Gasteiger partial charge on any atom is 0.338 e. The Balaban J connectivity index is 0.894. The molecular weight excluding hydrogens is 1770 g/mol. The Labute approximate surface area is 784 Å². The molecule has 0 aliphatic carbocycles. The molecule has 0 amide bonds. The highest BCUT2D eigenvalue weighted by molar-refractivity contribution is 5.96. The van der Waals surface area contributed by atoms with E-state index in [9.17, 15) is 28.8 Å². The predicted molar refractivity (Wildman–Crippen MR) is 482 cm³/mol. The Bertz CT molecular complexity index is 5480. The Hall–Kier alpha value is -16.0. The van der Waals surface area contributed by atoms with Gasteiger partial charge in [-0.15, -0.1) is 0 Å². The van der Waals surface area contributed by atoms with Crippen LogP contribution in [0.5, 0.6) is 0 Å². The summed E-state index contributed by atoms with van der Waals surface area (Å²) >= 11 is 0.